The fourth-order valence-corrected chi connectivity index (χ4v) is 3.99. The average molecular weight is 423 g/mol. The smallest absolute Gasteiger partial charge is 0.306 e. The summed E-state index contributed by atoms with van der Waals surface area (Å²) in [6.07, 6.45) is 4.19. The Morgan fingerprint density at radius 2 is 1.97 bits per heavy atom. The first-order valence-corrected chi connectivity index (χ1v) is 10.4. The van der Waals surface area contributed by atoms with E-state index in [9.17, 15) is 10.1 Å². The van der Waals surface area contributed by atoms with E-state index in [1.54, 1.807) is 10.6 Å². The Morgan fingerprint density at radius 1 is 1.16 bits per heavy atom. The van der Waals surface area contributed by atoms with Crippen LogP contribution in [0.1, 0.15) is 29.3 Å². The predicted molar refractivity (Wildman–Crippen MR) is 121 cm³/mol. The van der Waals surface area contributed by atoms with Crippen molar-refractivity contribution in [1.82, 2.24) is 14.4 Å². The molecular weight excluding hydrogens is 402 g/mol. The van der Waals surface area contributed by atoms with Gasteiger partial charge in [0.15, 0.2) is 0 Å². The first-order valence-electron chi connectivity index (χ1n) is 10.4. The van der Waals surface area contributed by atoms with Gasteiger partial charge in [0.2, 0.25) is 0 Å². The molecule has 5 rings (SSSR count). The second-order valence-electron chi connectivity index (χ2n) is 7.74. The van der Waals surface area contributed by atoms with Gasteiger partial charge in [-0.2, -0.15) is 10.3 Å². The molecule has 1 fully saturated rings. The molecule has 0 saturated carbocycles. The van der Waals surface area contributed by atoms with E-state index in [0.29, 0.717) is 23.6 Å². The number of imidazole rings is 1. The summed E-state index contributed by atoms with van der Waals surface area (Å²) in [7, 11) is 0. The Bertz CT molecular complexity index is 1340. The molecule has 1 atom stereocenters. The first-order chi connectivity index (χ1) is 15.6. The summed E-state index contributed by atoms with van der Waals surface area (Å²) in [5, 5.41) is 13.7. The lowest BCUT2D eigenvalue weighted by atomic mass is 10.0. The van der Waals surface area contributed by atoms with Crippen LogP contribution in [0, 0.1) is 18.3 Å². The van der Waals surface area contributed by atoms with Crippen molar-refractivity contribution >= 4 is 17.4 Å². The third kappa shape index (κ3) is 3.57. The molecule has 0 radical (unpaired) electrons. The highest BCUT2D eigenvalue weighted by Gasteiger charge is 2.32. The number of urea groups is 1. The van der Waals surface area contributed by atoms with Crippen LogP contribution in [0.25, 0.3) is 16.8 Å². The number of aryl methyl sites for hydroxylation is 1. The normalized spacial score (nSPS) is 15.6. The topological polar surface area (TPSA) is 82.7 Å². The minimum Gasteiger partial charge on any atom is -0.306 e. The number of nitrogens with one attached hydrogen (secondary N) is 1. The number of nitriles is 1. The Kier molecular flexibility index (Phi) is 5.06. The number of hydroxylamine groups is 2. The Morgan fingerprint density at radius 3 is 2.78 bits per heavy atom. The summed E-state index contributed by atoms with van der Waals surface area (Å²) in [6.45, 7) is 2.45. The van der Waals surface area contributed by atoms with Crippen LogP contribution in [-0.4, -0.2) is 27.1 Å². The molecule has 2 aromatic carbocycles. The second-order valence-corrected chi connectivity index (χ2v) is 7.74. The number of pyridine rings is 1. The molecule has 7 heteroatoms. The largest absolute Gasteiger partial charge is 0.346 e. The van der Waals surface area contributed by atoms with Gasteiger partial charge in [-0.15, -0.1) is 0 Å². The second kappa shape index (κ2) is 8.17. The van der Waals surface area contributed by atoms with Crippen molar-refractivity contribution in [2.45, 2.75) is 19.4 Å². The third-order valence-corrected chi connectivity index (χ3v) is 5.72. The predicted octanol–water partition coefficient (Wildman–Crippen LogP) is 5.09. The van der Waals surface area contributed by atoms with Crippen molar-refractivity contribution in [1.29, 1.82) is 5.26 Å². The number of nitrogens with zero attached hydrogens (tertiary/aromatic N) is 4. The van der Waals surface area contributed by atoms with Gasteiger partial charge in [-0.3, -0.25) is 9.24 Å². The summed E-state index contributed by atoms with van der Waals surface area (Å²) >= 11 is 0. The average Bonchev–Trinajstić information content (AvgIpc) is 3.48. The molecule has 0 spiro atoms. The maximum Gasteiger partial charge on any atom is 0.346 e. The standard InChI is InChI=1S/C25H21N5O2/c1-17-7-8-19(20-9-10-24-27-15-21(14-26)29(24)16-20)13-22(17)28-25(31)30-23(11-12-32-30)18-5-3-2-4-6-18/h2-10,13,15-16,23H,11-12H2,1H3,(H,28,31)/t23-/m0/s1. The van der Waals surface area contributed by atoms with Crippen LogP contribution in [0.3, 0.4) is 0 Å². The van der Waals surface area contributed by atoms with Crippen LogP contribution >= 0.6 is 0 Å². The van der Waals surface area contributed by atoms with E-state index in [1.165, 1.54) is 5.06 Å². The molecular formula is C25H21N5O2. The molecule has 1 N–H and O–H groups in total. The number of anilines is 1. The van der Waals surface area contributed by atoms with Crippen molar-refractivity contribution in [2.75, 3.05) is 11.9 Å². The lowest BCUT2D eigenvalue weighted by Gasteiger charge is -2.23. The summed E-state index contributed by atoms with van der Waals surface area (Å²) in [5.41, 5.74) is 5.73. The number of carbonyl (C=O) groups is 1. The van der Waals surface area contributed by atoms with Crippen molar-refractivity contribution in [2.24, 2.45) is 0 Å². The fourth-order valence-electron chi connectivity index (χ4n) is 3.99. The zero-order valence-electron chi connectivity index (χ0n) is 17.5. The number of fused-ring (bicyclic) bond motifs is 1. The van der Waals surface area contributed by atoms with Crippen LogP contribution in [0.2, 0.25) is 0 Å². The molecule has 32 heavy (non-hydrogen) atoms. The molecule has 0 unspecified atom stereocenters. The number of hydrogen-bond acceptors (Lipinski definition) is 4. The summed E-state index contributed by atoms with van der Waals surface area (Å²) in [4.78, 5) is 23.0. The Balaban J connectivity index is 1.42. The van der Waals surface area contributed by atoms with Crippen LogP contribution in [0.4, 0.5) is 10.5 Å². The maximum absolute atomic E-state index is 13.1. The van der Waals surface area contributed by atoms with Crippen molar-refractivity contribution < 1.29 is 9.63 Å². The number of aromatic nitrogens is 2. The Hall–Kier alpha value is -4.15. The SMILES string of the molecule is Cc1ccc(-c2ccc3ncc(C#N)n3c2)cc1NC(=O)N1OCC[C@H]1c1ccccc1. The zero-order chi connectivity index (χ0) is 22.1. The molecule has 158 valence electrons. The van der Waals surface area contributed by atoms with Gasteiger partial charge in [-0.25, -0.2) is 9.78 Å². The van der Waals surface area contributed by atoms with Gasteiger partial charge < -0.3 is 5.32 Å². The van der Waals surface area contributed by atoms with E-state index in [-0.39, 0.29) is 12.1 Å². The molecule has 1 aliphatic heterocycles. The van der Waals surface area contributed by atoms with Crippen molar-refractivity contribution in [3.8, 4) is 17.2 Å². The van der Waals surface area contributed by atoms with Crippen molar-refractivity contribution in [3.63, 3.8) is 0 Å². The molecule has 1 saturated heterocycles. The molecule has 2 aromatic heterocycles. The van der Waals surface area contributed by atoms with Gasteiger partial charge in [-0.05, 0) is 47.4 Å². The quantitative estimate of drug-likeness (QED) is 0.497. The van der Waals surface area contributed by atoms with Crippen LogP contribution in [0.15, 0.2) is 73.1 Å². The van der Waals surface area contributed by atoms with Gasteiger partial charge in [0.05, 0.1) is 18.8 Å². The van der Waals surface area contributed by atoms with E-state index >= 15 is 0 Å². The van der Waals surface area contributed by atoms with Crippen LogP contribution < -0.4 is 5.32 Å². The lowest BCUT2D eigenvalue weighted by molar-refractivity contribution is -0.0829. The van der Waals surface area contributed by atoms with E-state index < -0.39 is 0 Å². The van der Waals surface area contributed by atoms with Crippen LogP contribution in [0.5, 0.6) is 0 Å². The minimum atomic E-state index is -0.298. The van der Waals surface area contributed by atoms with E-state index in [0.717, 1.165) is 28.7 Å². The monoisotopic (exact) mass is 423 g/mol. The molecule has 4 aromatic rings. The fraction of sp³-hybridized carbons (Fsp3) is 0.160. The zero-order valence-corrected chi connectivity index (χ0v) is 17.5. The maximum atomic E-state index is 13.1. The first kappa shape index (κ1) is 19.8. The summed E-state index contributed by atoms with van der Waals surface area (Å²) in [5.74, 6) is 0. The Labute approximate surface area is 185 Å². The highest BCUT2D eigenvalue weighted by atomic mass is 16.7. The molecule has 7 nitrogen and oxygen atoms in total. The molecule has 1 aliphatic rings. The number of benzene rings is 2. The van der Waals surface area contributed by atoms with Crippen molar-refractivity contribution in [3.05, 3.63) is 89.9 Å². The summed E-state index contributed by atoms with van der Waals surface area (Å²) < 4.78 is 1.76. The number of rotatable bonds is 3. The van der Waals surface area contributed by atoms with Crippen LogP contribution in [-0.2, 0) is 4.84 Å². The molecule has 3 heterocycles. The highest BCUT2D eigenvalue weighted by Crippen LogP contribution is 2.32. The number of carbonyl (C=O) groups excluding carboxylic acids is 1. The molecule has 0 bridgehead atoms. The van der Waals surface area contributed by atoms with Gasteiger partial charge in [0.25, 0.3) is 0 Å². The summed E-state index contributed by atoms with van der Waals surface area (Å²) in [6, 6.07) is 21.4. The number of amides is 2. The number of hydrogen-bond donors (Lipinski definition) is 1. The van der Waals surface area contributed by atoms with E-state index in [2.05, 4.69) is 16.4 Å². The van der Waals surface area contributed by atoms with Gasteiger partial charge in [0.1, 0.15) is 17.4 Å². The van der Waals surface area contributed by atoms with Gasteiger partial charge in [-0.1, -0.05) is 42.5 Å². The minimum absolute atomic E-state index is 0.118. The van der Waals surface area contributed by atoms with Gasteiger partial charge in [0, 0.05) is 18.3 Å². The molecule has 2 amide bonds. The third-order valence-electron chi connectivity index (χ3n) is 5.72. The highest BCUT2D eigenvalue weighted by molar-refractivity contribution is 5.91. The lowest BCUT2D eigenvalue weighted by Crippen LogP contribution is -2.33. The van der Waals surface area contributed by atoms with E-state index in [1.807, 2.05) is 73.8 Å². The van der Waals surface area contributed by atoms with E-state index in [4.69, 9.17) is 4.84 Å². The van der Waals surface area contributed by atoms with Gasteiger partial charge >= 0.3 is 6.03 Å². The molecule has 0 aliphatic carbocycles.